The number of amides is 2. The van der Waals surface area contributed by atoms with E-state index in [0.717, 1.165) is 22.5 Å². The molecule has 3 heterocycles. The molecule has 1 fully saturated rings. The van der Waals surface area contributed by atoms with Crippen LogP contribution >= 0.6 is 0 Å². The Labute approximate surface area is 197 Å². The highest BCUT2D eigenvalue weighted by atomic mass is 16.6. The van der Waals surface area contributed by atoms with Gasteiger partial charge in [0.25, 0.3) is 11.8 Å². The van der Waals surface area contributed by atoms with E-state index in [4.69, 9.17) is 9.47 Å². The number of aliphatic hydroxyl groups is 1. The van der Waals surface area contributed by atoms with Crippen LogP contribution in [0.4, 0.5) is 5.69 Å². The molecular formula is C24H30N5O5+. The van der Waals surface area contributed by atoms with Gasteiger partial charge in [0.15, 0.2) is 6.10 Å². The third-order valence-electron chi connectivity index (χ3n) is 6.11. The lowest BCUT2D eigenvalue weighted by Crippen LogP contribution is -2.53. The Bertz CT molecular complexity index is 1080. The van der Waals surface area contributed by atoms with E-state index in [1.165, 1.54) is 4.90 Å². The summed E-state index contributed by atoms with van der Waals surface area (Å²) in [4.78, 5) is 31.8. The van der Waals surface area contributed by atoms with Gasteiger partial charge in [0.05, 0.1) is 44.2 Å². The van der Waals surface area contributed by atoms with Crippen LogP contribution in [-0.4, -0.2) is 58.8 Å². The number of aliphatic hydroxyl groups excluding tert-OH is 1. The minimum atomic E-state index is -1.60. The first-order valence-corrected chi connectivity index (χ1v) is 11.1. The SMILES string of the molecule is COc1cc([C@@H](C)NC(=O)[C@]2([C@@H](O)C(=O)N3Cc4cccnc4C3)CO2)ccc1N/C=C\C[NH3+]. The number of epoxide rings is 1. The molecule has 0 aliphatic carbocycles. The number of methoxy groups -OCH3 is 1. The van der Waals surface area contributed by atoms with Gasteiger partial charge in [-0.25, -0.2) is 0 Å². The molecule has 0 spiro atoms. The van der Waals surface area contributed by atoms with E-state index in [-0.39, 0.29) is 6.61 Å². The maximum absolute atomic E-state index is 13.0. The van der Waals surface area contributed by atoms with Gasteiger partial charge in [0.1, 0.15) is 5.75 Å². The lowest BCUT2D eigenvalue weighted by atomic mass is 9.99. The summed E-state index contributed by atoms with van der Waals surface area (Å²) in [6, 6.07) is 8.83. The molecule has 1 aromatic carbocycles. The normalized spacial score (nSPS) is 20.5. The summed E-state index contributed by atoms with van der Waals surface area (Å²) < 4.78 is 10.8. The molecule has 34 heavy (non-hydrogen) atoms. The smallest absolute Gasteiger partial charge is 0.258 e. The van der Waals surface area contributed by atoms with Crippen LogP contribution < -0.4 is 21.1 Å². The lowest BCUT2D eigenvalue weighted by Gasteiger charge is -2.25. The second kappa shape index (κ2) is 9.80. The Hall–Kier alpha value is -3.47. The van der Waals surface area contributed by atoms with Crippen molar-refractivity contribution in [3.63, 3.8) is 0 Å². The maximum atomic E-state index is 13.0. The number of carbonyl (C=O) groups excluding carboxylic acids is 2. The number of fused-ring (bicyclic) bond motifs is 1. The summed E-state index contributed by atoms with van der Waals surface area (Å²) in [5, 5.41) is 16.8. The molecule has 180 valence electrons. The number of nitrogens with zero attached hydrogens (tertiary/aromatic N) is 2. The number of anilines is 1. The average molecular weight is 469 g/mol. The molecule has 10 heteroatoms. The van der Waals surface area contributed by atoms with Crippen molar-refractivity contribution in [2.24, 2.45) is 0 Å². The first-order chi connectivity index (χ1) is 16.4. The van der Waals surface area contributed by atoms with E-state index in [0.29, 0.717) is 25.4 Å². The lowest BCUT2D eigenvalue weighted by molar-refractivity contribution is -0.352. The number of hydrogen-bond donors (Lipinski definition) is 4. The number of nitrogens with one attached hydrogen (secondary N) is 2. The molecule has 0 unspecified atom stereocenters. The Balaban J connectivity index is 1.41. The molecule has 2 aliphatic heterocycles. The number of ether oxygens (including phenoxy) is 2. The van der Waals surface area contributed by atoms with Gasteiger partial charge in [0.2, 0.25) is 5.60 Å². The molecule has 4 rings (SSSR count). The van der Waals surface area contributed by atoms with Crippen LogP contribution in [0.5, 0.6) is 5.75 Å². The molecule has 2 aliphatic rings. The second-order valence-corrected chi connectivity index (χ2v) is 8.37. The summed E-state index contributed by atoms with van der Waals surface area (Å²) in [5.41, 5.74) is 5.47. The molecule has 0 saturated carbocycles. The van der Waals surface area contributed by atoms with Crippen LogP contribution in [0.15, 0.2) is 48.8 Å². The molecule has 6 N–H and O–H groups in total. The predicted octanol–water partition coefficient (Wildman–Crippen LogP) is 0.107. The molecule has 2 aromatic rings. The highest BCUT2D eigenvalue weighted by Gasteiger charge is 2.61. The van der Waals surface area contributed by atoms with E-state index >= 15 is 0 Å². The van der Waals surface area contributed by atoms with Crippen molar-refractivity contribution in [1.82, 2.24) is 15.2 Å². The zero-order valence-electron chi connectivity index (χ0n) is 19.3. The zero-order valence-corrected chi connectivity index (χ0v) is 19.3. The number of quaternary nitrogens is 1. The fourth-order valence-electron chi connectivity index (χ4n) is 3.95. The van der Waals surface area contributed by atoms with Crippen LogP contribution in [0.3, 0.4) is 0 Å². The first-order valence-electron chi connectivity index (χ1n) is 11.1. The molecular weight excluding hydrogens is 438 g/mol. The van der Waals surface area contributed by atoms with E-state index in [2.05, 4.69) is 21.4 Å². The first kappa shape index (κ1) is 23.7. The Morgan fingerprint density at radius 1 is 1.38 bits per heavy atom. The van der Waals surface area contributed by atoms with Crippen LogP contribution in [-0.2, 0) is 27.4 Å². The van der Waals surface area contributed by atoms with Crippen molar-refractivity contribution in [3.05, 3.63) is 65.6 Å². The summed E-state index contributed by atoms with van der Waals surface area (Å²) in [6.45, 7) is 3.09. The number of hydrogen-bond acceptors (Lipinski definition) is 7. The van der Waals surface area contributed by atoms with Crippen molar-refractivity contribution in [3.8, 4) is 5.75 Å². The third-order valence-corrected chi connectivity index (χ3v) is 6.11. The van der Waals surface area contributed by atoms with Crippen LogP contribution in [0.25, 0.3) is 0 Å². The van der Waals surface area contributed by atoms with Gasteiger partial charge in [-0.05, 0) is 42.3 Å². The van der Waals surface area contributed by atoms with E-state index in [1.54, 1.807) is 25.6 Å². The fourth-order valence-corrected chi connectivity index (χ4v) is 3.95. The third kappa shape index (κ3) is 4.60. The van der Waals surface area contributed by atoms with Gasteiger partial charge in [-0.1, -0.05) is 12.1 Å². The molecule has 0 bridgehead atoms. The summed E-state index contributed by atoms with van der Waals surface area (Å²) in [7, 11) is 1.57. The maximum Gasteiger partial charge on any atom is 0.258 e. The number of aromatic nitrogens is 1. The molecule has 1 aromatic heterocycles. The van der Waals surface area contributed by atoms with E-state index in [1.807, 2.05) is 37.3 Å². The van der Waals surface area contributed by atoms with E-state index in [9.17, 15) is 14.7 Å². The number of pyridine rings is 1. The number of benzene rings is 1. The molecule has 10 nitrogen and oxygen atoms in total. The quantitative estimate of drug-likeness (QED) is 0.382. The fraction of sp³-hybridized carbons (Fsp3) is 0.375. The van der Waals surface area contributed by atoms with Gasteiger partial charge in [0, 0.05) is 18.9 Å². The minimum absolute atomic E-state index is 0.0255. The summed E-state index contributed by atoms with van der Waals surface area (Å²) in [6.07, 6.45) is 3.74. The summed E-state index contributed by atoms with van der Waals surface area (Å²) >= 11 is 0. The molecule has 0 radical (unpaired) electrons. The molecule has 1 saturated heterocycles. The van der Waals surface area contributed by atoms with Crippen LogP contribution in [0.2, 0.25) is 0 Å². The number of carbonyl (C=O) groups is 2. The van der Waals surface area contributed by atoms with Crippen molar-refractivity contribution in [1.29, 1.82) is 0 Å². The predicted molar refractivity (Wildman–Crippen MR) is 123 cm³/mol. The Morgan fingerprint density at radius 3 is 2.85 bits per heavy atom. The van der Waals surface area contributed by atoms with Gasteiger partial charge < -0.3 is 35.8 Å². The van der Waals surface area contributed by atoms with Gasteiger partial charge in [-0.2, -0.15) is 0 Å². The Kier molecular flexibility index (Phi) is 6.82. The zero-order chi connectivity index (χ0) is 24.3. The Morgan fingerprint density at radius 2 is 2.18 bits per heavy atom. The van der Waals surface area contributed by atoms with Crippen molar-refractivity contribution in [2.75, 3.05) is 25.6 Å². The van der Waals surface area contributed by atoms with Gasteiger partial charge in [-0.15, -0.1) is 0 Å². The molecule has 3 atom stereocenters. The minimum Gasteiger partial charge on any atom is -0.495 e. The standard InChI is InChI=1S/C24H29N5O5/c1-15(16-6-7-18(20(11-16)33-2)26-10-4-8-25)28-23(32)24(14-34-24)21(30)22(31)29-12-17-5-3-9-27-19(17)13-29/h3-7,9-11,15,21,26,30H,8,12-14,25H2,1-2H3,(H,28,32)/p+1/b10-4-/t15-,21+,24-/m1/s1. The highest BCUT2D eigenvalue weighted by Crippen LogP contribution is 2.35. The van der Waals surface area contributed by atoms with Crippen molar-refractivity contribution in [2.45, 2.75) is 37.8 Å². The molecule has 2 amide bonds. The van der Waals surface area contributed by atoms with Crippen molar-refractivity contribution >= 4 is 17.5 Å². The summed E-state index contributed by atoms with van der Waals surface area (Å²) in [5.74, 6) is -0.469. The second-order valence-electron chi connectivity index (χ2n) is 8.37. The largest absolute Gasteiger partial charge is 0.495 e. The highest BCUT2D eigenvalue weighted by molar-refractivity contribution is 5.96. The topological polar surface area (TPSA) is 144 Å². The van der Waals surface area contributed by atoms with E-state index < -0.39 is 29.6 Å². The monoisotopic (exact) mass is 468 g/mol. The average Bonchev–Trinajstić information content (AvgIpc) is 3.55. The van der Waals surface area contributed by atoms with Crippen molar-refractivity contribution < 1.29 is 29.9 Å². The van der Waals surface area contributed by atoms with Gasteiger partial charge in [-0.3, -0.25) is 14.6 Å². The van der Waals surface area contributed by atoms with Crippen LogP contribution in [0.1, 0.15) is 29.8 Å². The van der Waals surface area contributed by atoms with Gasteiger partial charge >= 0.3 is 0 Å². The number of rotatable bonds is 9. The van der Waals surface area contributed by atoms with Crippen LogP contribution in [0, 0.1) is 0 Å².